The summed E-state index contributed by atoms with van der Waals surface area (Å²) in [5.41, 5.74) is 3.54. The maximum absolute atomic E-state index is 2.58. The van der Waals surface area contributed by atoms with Crippen LogP contribution in [0.3, 0.4) is 0 Å². The molecule has 2 aliphatic carbocycles. The van der Waals surface area contributed by atoms with Crippen molar-refractivity contribution in [1.29, 1.82) is 0 Å². The number of likely N-dealkylation sites (N-methyl/N-ethyl adjacent to an activating group) is 1. The summed E-state index contributed by atoms with van der Waals surface area (Å²) in [4.78, 5) is 2.37. The number of rotatable bonds is 9. The molecule has 0 heterocycles. The Hall–Kier alpha value is -1.52. The first-order valence-electron chi connectivity index (χ1n) is 16.0. The molecule has 0 radical (unpaired) electrons. The molecule has 42 heavy (non-hydrogen) atoms. The number of nitrogens with zero attached hydrogens (tertiary/aromatic N) is 1. The molecular formula is C38H49FeNP2. The quantitative estimate of drug-likeness (QED) is 0.101. The Bertz CT molecular complexity index is 1160. The van der Waals surface area contributed by atoms with Crippen molar-refractivity contribution in [2.24, 2.45) is 0 Å². The zero-order valence-electron chi connectivity index (χ0n) is 25.7. The molecule has 0 saturated heterocycles. The van der Waals surface area contributed by atoms with Crippen LogP contribution in [0.2, 0.25) is 0 Å². The molecule has 0 unspecified atom stereocenters. The summed E-state index contributed by atoms with van der Waals surface area (Å²) in [5, 5.41) is 6.56. The SMILES string of the molecule is CN(C)CCc1cc[c-](P(c2ccccc2)c2ccccc2)c1P(C1CCCCC1)C1CCCCC1.[Fe+2].c1cc[cH-]c1. The average Bonchev–Trinajstić information content (AvgIpc) is 3.74. The van der Waals surface area contributed by atoms with Gasteiger partial charge in [-0.15, -0.1) is 10.6 Å². The molecule has 4 aromatic rings. The van der Waals surface area contributed by atoms with Crippen molar-refractivity contribution in [3.8, 4) is 0 Å². The van der Waals surface area contributed by atoms with Crippen LogP contribution in [0.15, 0.2) is 103 Å². The van der Waals surface area contributed by atoms with Gasteiger partial charge in [0.05, 0.1) is 0 Å². The maximum atomic E-state index is 2.58. The van der Waals surface area contributed by atoms with Gasteiger partial charge in [0.2, 0.25) is 0 Å². The van der Waals surface area contributed by atoms with Crippen molar-refractivity contribution < 1.29 is 17.1 Å². The predicted octanol–water partition coefficient (Wildman–Crippen LogP) is 8.44. The summed E-state index contributed by atoms with van der Waals surface area (Å²) >= 11 is 0. The van der Waals surface area contributed by atoms with E-state index in [1.165, 1.54) is 81.2 Å². The molecule has 0 aromatic heterocycles. The minimum atomic E-state index is -0.544. The first-order valence-corrected chi connectivity index (χ1v) is 18.8. The van der Waals surface area contributed by atoms with E-state index in [2.05, 4.69) is 91.8 Å². The second kappa shape index (κ2) is 17.7. The summed E-state index contributed by atoms with van der Waals surface area (Å²) in [6.07, 6.45) is 15.8. The molecule has 0 atom stereocenters. The van der Waals surface area contributed by atoms with Crippen LogP contribution in [0, 0.1) is 0 Å². The van der Waals surface area contributed by atoms with E-state index in [1.807, 2.05) is 35.6 Å². The summed E-state index contributed by atoms with van der Waals surface area (Å²) in [7, 11) is 3.78. The fourth-order valence-electron chi connectivity index (χ4n) is 6.81. The minimum absolute atomic E-state index is 0. The van der Waals surface area contributed by atoms with Crippen LogP contribution in [0.1, 0.15) is 69.8 Å². The summed E-state index contributed by atoms with van der Waals surface area (Å²) in [6, 6.07) is 38.0. The van der Waals surface area contributed by atoms with Crippen LogP contribution in [-0.2, 0) is 23.5 Å². The Labute approximate surface area is 269 Å². The van der Waals surface area contributed by atoms with Gasteiger partial charge in [0, 0.05) is 0 Å². The van der Waals surface area contributed by atoms with Crippen LogP contribution in [0.5, 0.6) is 0 Å². The fourth-order valence-corrected chi connectivity index (χ4v) is 13.9. The molecule has 2 fully saturated rings. The third-order valence-corrected chi connectivity index (χ3v) is 15.1. The van der Waals surface area contributed by atoms with E-state index in [0.29, 0.717) is 0 Å². The fraction of sp³-hybridized carbons (Fsp3) is 0.421. The van der Waals surface area contributed by atoms with Crippen molar-refractivity contribution in [3.63, 3.8) is 0 Å². The average molecular weight is 638 g/mol. The molecule has 2 saturated carbocycles. The van der Waals surface area contributed by atoms with Gasteiger partial charge in [-0.25, -0.2) is 18.2 Å². The van der Waals surface area contributed by atoms with Gasteiger partial charge in [0.15, 0.2) is 0 Å². The molecule has 0 spiro atoms. The Kier molecular flexibility index (Phi) is 14.1. The van der Waals surface area contributed by atoms with Crippen LogP contribution >= 0.6 is 15.8 Å². The van der Waals surface area contributed by atoms with Gasteiger partial charge in [-0.1, -0.05) is 121 Å². The van der Waals surface area contributed by atoms with Gasteiger partial charge in [-0.05, 0) is 68.3 Å². The second-order valence-electron chi connectivity index (χ2n) is 12.1. The summed E-state index contributed by atoms with van der Waals surface area (Å²) < 4.78 is 0. The normalized spacial score (nSPS) is 16.3. The van der Waals surface area contributed by atoms with E-state index in [-0.39, 0.29) is 25.0 Å². The molecule has 4 aromatic carbocycles. The third kappa shape index (κ3) is 9.00. The van der Waals surface area contributed by atoms with Gasteiger partial charge in [0.1, 0.15) is 0 Å². The Morgan fingerprint density at radius 3 is 1.62 bits per heavy atom. The Morgan fingerprint density at radius 2 is 1.19 bits per heavy atom. The van der Waals surface area contributed by atoms with E-state index in [4.69, 9.17) is 0 Å². The van der Waals surface area contributed by atoms with Gasteiger partial charge < -0.3 is 4.90 Å². The molecular weight excluding hydrogens is 588 g/mol. The molecule has 224 valence electrons. The molecule has 1 nitrogen and oxygen atoms in total. The summed E-state index contributed by atoms with van der Waals surface area (Å²) in [6.45, 7) is 1.14. The number of hydrogen-bond acceptors (Lipinski definition) is 1. The van der Waals surface area contributed by atoms with E-state index in [1.54, 1.807) is 10.9 Å². The predicted molar refractivity (Wildman–Crippen MR) is 185 cm³/mol. The van der Waals surface area contributed by atoms with Crippen molar-refractivity contribution in [2.45, 2.75) is 81.9 Å². The molecule has 2 aliphatic rings. The smallest absolute Gasteiger partial charge is 0.310 e. The van der Waals surface area contributed by atoms with Gasteiger partial charge >= 0.3 is 17.1 Å². The Balaban J connectivity index is 0.000000612. The van der Waals surface area contributed by atoms with Gasteiger partial charge in [-0.2, -0.15) is 29.8 Å². The molecule has 0 aliphatic heterocycles. The number of hydrogen-bond donors (Lipinski definition) is 0. The van der Waals surface area contributed by atoms with Crippen LogP contribution in [-0.4, -0.2) is 36.9 Å². The summed E-state index contributed by atoms with van der Waals surface area (Å²) in [5.74, 6) is 0. The monoisotopic (exact) mass is 637 g/mol. The van der Waals surface area contributed by atoms with Crippen molar-refractivity contribution >= 4 is 37.1 Å². The molecule has 0 N–H and O–H groups in total. The van der Waals surface area contributed by atoms with Crippen molar-refractivity contribution in [1.82, 2.24) is 4.90 Å². The van der Waals surface area contributed by atoms with E-state index in [0.717, 1.165) is 17.9 Å². The van der Waals surface area contributed by atoms with Crippen molar-refractivity contribution in [2.75, 3.05) is 20.6 Å². The van der Waals surface area contributed by atoms with Gasteiger partial charge in [0.25, 0.3) is 0 Å². The van der Waals surface area contributed by atoms with Crippen molar-refractivity contribution in [3.05, 3.63) is 109 Å². The van der Waals surface area contributed by atoms with Crippen LogP contribution in [0.25, 0.3) is 0 Å². The standard InChI is InChI=1S/C33H44NP2.C5H5.Fe/c1-34(2)26-25-27-23-24-32(35(28-15-7-3-8-16-28)29-17-9-4-10-18-29)33(27)36(30-19-11-5-12-20-30)31-21-13-6-14-22-31;1-2-4-5-3-1;/h3-4,7-10,15-18,23-24,30-31H,5-6,11-14,19-22,25-26H2,1-2H3;1-5H;/q2*-1;+2. The maximum Gasteiger partial charge on any atom is 2.00 e. The molecule has 4 heteroatoms. The molecule has 0 bridgehead atoms. The largest absolute Gasteiger partial charge is 2.00 e. The van der Waals surface area contributed by atoms with Crippen LogP contribution in [0.4, 0.5) is 0 Å². The molecule has 6 rings (SSSR count). The molecule has 0 amide bonds. The number of benzene rings is 2. The second-order valence-corrected chi connectivity index (χ2v) is 17.0. The zero-order valence-corrected chi connectivity index (χ0v) is 28.5. The van der Waals surface area contributed by atoms with E-state index in [9.17, 15) is 0 Å². The zero-order chi connectivity index (χ0) is 28.3. The first-order chi connectivity index (χ1) is 20.2. The van der Waals surface area contributed by atoms with E-state index < -0.39 is 7.92 Å². The van der Waals surface area contributed by atoms with Crippen LogP contribution < -0.4 is 21.2 Å². The van der Waals surface area contributed by atoms with Gasteiger partial charge in [-0.3, -0.25) is 0 Å². The van der Waals surface area contributed by atoms with E-state index >= 15 is 0 Å². The third-order valence-electron chi connectivity index (χ3n) is 8.84. The topological polar surface area (TPSA) is 3.24 Å². The first kappa shape index (κ1) is 33.4. The Morgan fingerprint density at radius 1 is 0.690 bits per heavy atom. The minimum Gasteiger partial charge on any atom is -0.310 e.